The van der Waals surface area contributed by atoms with Gasteiger partial charge in [0.2, 0.25) is 0 Å². The Morgan fingerprint density at radius 2 is 1.84 bits per heavy atom. The molecule has 100 valence electrons. The summed E-state index contributed by atoms with van der Waals surface area (Å²) in [7, 11) is 0. The van der Waals surface area contributed by atoms with E-state index in [2.05, 4.69) is 26.2 Å². The van der Waals surface area contributed by atoms with Gasteiger partial charge >= 0.3 is 0 Å². The fourth-order valence-electron chi connectivity index (χ4n) is 1.35. The Bertz CT molecular complexity index is 628. The number of halogens is 5. The quantitative estimate of drug-likeness (QED) is 0.850. The van der Waals surface area contributed by atoms with Crippen LogP contribution in [0.5, 0.6) is 0 Å². The van der Waals surface area contributed by atoms with Gasteiger partial charge in [-0.3, -0.25) is 0 Å². The van der Waals surface area contributed by atoms with Gasteiger partial charge in [0.15, 0.2) is 23.3 Å². The Kier molecular flexibility index (Phi) is 3.86. The van der Waals surface area contributed by atoms with Crippen molar-refractivity contribution in [2.75, 3.05) is 11.1 Å². The topological polar surface area (TPSA) is 50.9 Å². The van der Waals surface area contributed by atoms with Gasteiger partial charge in [0.05, 0.1) is 10.7 Å². The third-order valence-electron chi connectivity index (χ3n) is 2.21. The van der Waals surface area contributed by atoms with E-state index in [1.54, 1.807) is 0 Å². The van der Waals surface area contributed by atoms with Crippen molar-refractivity contribution < 1.29 is 13.2 Å². The van der Waals surface area contributed by atoms with E-state index in [9.17, 15) is 13.2 Å². The molecule has 19 heavy (non-hydrogen) atoms. The van der Waals surface area contributed by atoms with Crippen LogP contribution in [0.3, 0.4) is 0 Å². The molecule has 0 fully saturated rings. The molecular formula is C11H6BrClF3N3. The van der Waals surface area contributed by atoms with E-state index in [0.29, 0.717) is 6.07 Å². The zero-order valence-corrected chi connectivity index (χ0v) is 11.5. The lowest BCUT2D eigenvalue weighted by atomic mass is 10.3. The standard InChI is InChI=1S/C11H6BrClF3N3/c12-5-1-4(14)2-6(13)9(5)18-11-8(16)3-7(15)10(17)19-11/h1-3H,(H3,17,18,19). The molecule has 2 rings (SSSR count). The summed E-state index contributed by atoms with van der Waals surface area (Å²) in [6.07, 6.45) is 0. The number of nitrogens with two attached hydrogens (primary N) is 1. The maximum Gasteiger partial charge on any atom is 0.169 e. The second-order valence-corrected chi connectivity index (χ2v) is 4.82. The largest absolute Gasteiger partial charge is 0.381 e. The van der Waals surface area contributed by atoms with Gasteiger partial charge in [-0.05, 0) is 28.1 Å². The second kappa shape index (κ2) is 5.26. The van der Waals surface area contributed by atoms with Gasteiger partial charge in [-0.25, -0.2) is 18.2 Å². The second-order valence-electron chi connectivity index (χ2n) is 3.56. The van der Waals surface area contributed by atoms with E-state index in [1.165, 1.54) is 0 Å². The molecule has 0 saturated carbocycles. The fourth-order valence-corrected chi connectivity index (χ4v) is 2.25. The summed E-state index contributed by atoms with van der Waals surface area (Å²) < 4.78 is 39.8. The van der Waals surface area contributed by atoms with Gasteiger partial charge in [-0.15, -0.1) is 0 Å². The van der Waals surface area contributed by atoms with Gasteiger partial charge in [-0.2, -0.15) is 0 Å². The van der Waals surface area contributed by atoms with Crippen molar-refractivity contribution in [1.82, 2.24) is 4.98 Å². The predicted molar refractivity (Wildman–Crippen MR) is 71.0 cm³/mol. The molecule has 0 amide bonds. The number of hydrogen-bond acceptors (Lipinski definition) is 3. The van der Waals surface area contributed by atoms with Gasteiger partial charge in [-0.1, -0.05) is 11.6 Å². The van der Waals surface area contributed by atoms with Crippen LogP contribution in [0.1, 0.15) is 0 Å². The number of nitrogen functional groups attached to an aromatic ring is 1. The average molecular weight is 353 g/mol. The number of rotatable bonds is 2. The van der Waals surface area contributed by atoms with Crippen molar-refractivity contribution in [2.24, 2.45) is 0 Å². The van der Waals surface area contributed by atoms with Crippen LogP contribution in [-0.2, 0) is 0 Å². The number of benzene rings is 1. The highest BCUT2D eigenvalue weighted by atomic mass is 79.9. The third kappa shape index (κ3) is 2.93. The SMILES string of the molecule is Nc1nc(Nc2c(Cl)cc(F)cc2Br)c(F)cc1F. The molecule has 1 heterocycles. The number of nitrogens with one attached hydrogen (secondary N) is 1. The lowest BCUT2D eigenvalue weighted by molar-refractivity contribution is 0.581. The summed E-state index contributed by atoms with van der Waals surface area (Å²) in [6, 6.07) is 2.77. The summed E-state index contributed by atoms with van der Waals surface area (Å²) in [5.41, 5.74) is 5.44. The Labute approximate surface area is 119 Å². The molecule has 0 unspecified atom stereocenters. The van der Waals surface area contributed by atoms with Crippen LogP contribution in [0.4, 0.5) is 30.5 Å². The zero-order chi connectivity index (χ0) is 14.2. The minimum Gasteiger partial charge on any atom is -0.381 e. The van der Waals surface area contributed by atoms with Crippen LogP contribution in [0.25, 0.3) is 0 Å². The molecule has 0 aliphatic carbocycles. The average Bonchev–Trinajstić information content (AvgIpc) is 2.29. The van der Waals surface area contributed by atoms with E-state index in [4.69, 9.17) is 17.3 Å². The van der Waals surface area contributed by atoms with Crippen molar-refractivity contribution in [2.45, 2.75) is 0 Å². The minimum absolute atomic E-state index is 0.0102. The lowest BCUT2D eigenvalue weighted by Gasteiger charge is -2.11. The van der Waals surface area contributed by atoms with E-state index in [-0.39, 0.29) is 21.0 Å². The molecule has 0 spiro atoms. The van der Waals surface area contributed by atoms with Crippen molar-refractivity contribution in [3.63, 3.8) is 0 Å². The molecule has 1 aromatic carbocycles. The van der Waals surface area contributed by atoms with Crippen LogP contribution >= 0.6 is 27.5 Å². The number of pyridine rings is 1. The van der Waals surface area contributed by atoms with Crippen LogP contribution in [0.15, 0.2) is 22.7 Å². The van der Waals surface area contributed by atoms with Crippen molar-refractivity contribution in [1.29, 1.82) is 0 Å². The summed E-state index contributed by atoms with van der Waals surface area (Å²) >= 11 is 8.89. The predicted octanol–water partition coefficient (Wildman–Crippen LogP) is 4.24. The first-order valence-electron chi connectivity index (χ1n) is 4.91. The molecule has 0 aliphatic rings. The Morgan fingerprint density at radius 1 is 1.16 bits per heavy atom. The molecule has 8 heteroatoms. The van der Waals surface area contributed by atoms with Gasteiger partial charge in [0.1, 0.15) is 5.82 Å². The number of aromatic nitrogens is 1. The molecule has 0 aliphatic heterocycles. The zero-order valence-electron chi connectivity index (χ0n) is 9.15. The Morgan fingerprint density at radius 3 is 2.47 bits per heavy atom. The molecule has 2 aromatic rings. The molecule has 0 radical (unpaired) electrons. The van der Waals surface area contributed by atoms with Crippen molar-refractivity contribution in [3.05, 3.63) is 45.1 Å². The Balaban J connectivity index is 2.45. The summed E-state index contributed by atoms with van der Waals surface area (Å²) in [5.74, 6) is -3.24. The number of hydrogen-bond donors (Lipinski definition) is 2. The van der Waals surface area contributed by atoms with Crippen LogP contribution in [0.2, 0.25) is 5.02 Å². The highest BCUT2D eigenvalue weighted by molar-refractivity contribution is 9.10. The lowest BCUT2D eigenvalue weighted by Crippen LogP contribution is -2.04. The highest BCUT2D eigenvalue weighted by Gasteiger charge is 2.14. The molecule has 3 nitrogen and oxygen atoms in total. The van der Waals surface area contributed by atoms with Gasteiger partial charge in [0.25, 0.3) is 0 Å². The van der Waals surface area contributed by atoms with Crippen molar-refractivity contribution >= 4 is 44.9 Å². The summed E-state index contributed by atoms with van der Waals surface area (Å²) in [4.78, 5) is 3.52. The van der Waals surface area contributed by atoms with Crippen molar-refractivity contribution in [3.8, 4) is 0 Å². The van der Waals surface area contributed by atoms with E-state index >= 15 is 0 Å². The molecule has 0 atom stereocenters. The number of nitrogens with zero attached hydrogens (tertiary/aromatic N) is 1. The first-order chi connectivity index (χ1) is 8.88. The monoisotopic (exact) mass is 351 g/mol. The molecular weight excluding hydrogens is 346 g/mol. The van der Waals surface area contributed by atoms with E-state index in [0.717, 1.165) is 12.1 Å². The first kappa shape index (κ1) is 14.0. The summed E-state index contributed by atoms with van der Waals surface area (Å²) in [6.45, 7) is 0. The smallest absolute Gasteiger partial charge is 0.169 e. The summed E-state index contributed by atoms with van der Waals surface area (Å²) in [5, 5.41) is 2.54. The van der Waals surface area contributed by atoms with E-state index < -0.39 is 23.3 Å². The maximum atomic E-state index is 13.5. The molecule has 3 N–H and O–H groups in total. The van der Waals surface area contributed by atoms with Gasteiger partial charge in [0, 0.05) is 10.5 Å². The third-order valence-corrected chi connectivity index (χ3v) is 3.13. The Hall–Kier alpha value is -1.47. The normalized spacial score (nSPS) is 10.6. The molecule has 0 bridgehead atoms. The number of anilines is 3. The maximum absolute atomic E-state index is 13.5. The van der Waals surface area contributed by atoms with Crippen LogP contribution in [0, 0.1) is 17.5 Å². The molecule has 0 saturated heterocycles. The van der Waals surface area contributed by atoms with Gasteiger partial charge < -0.3 is 11.1 Å². The highest BCUT2D eigenvalue weighted by Crippen LogP contribution is 2.34. The van der Waals surface area contributed by atoms with Crippen LogP contribution < -0.4 is 11.1 Å². The van der Waals surface area contributed by atoms with Crippen LogP contribution in [-0.4, -0.2) is 4.98 Å². The van der Waals surface area contributed by atoms with E-state index in [1.807, 2.05) is 0 Å². The molecule has 1 aromatic heterocycles. The fraction of sp³-hybridized carbons (Fsp3) is 0. The minimum atomic E-state index is -0.965. The first-order valence-corrected chi connectivity index (χ1v) is 6.08.